The molecule has 1 fully saturated rings. The molecular formula is C14H26N2O2. The van der Waals surface area contributed by atoms with Gasteiger partial charge in [-0.05, 0) is 31.1 Å². The zero-order chi connectivity index (χ0) is 13.4. The fraction of sp³-hybridized carbons (Fsp3) is 0.929. The Kier molecular flexibility index (Phi) is 6.62. The van der Waals surface area contributed by atoms with Gasteiger partial charge in [0, 0.05) is 13.2 Å². The van der Waals surface area contributed by atoms with Crippen molar-refractivity contribution in [2.45, 2.75) is 45.1 Å². The summed E-state index contributed by atoms with van der Waals surface area (Å²) in [6, 6.07) is 2.26. The molecule has 0 bridgehead atoms. The molecule has 0 heterocycles. The van der Waals surface area contributed by atoms with Crippen molar-refractivity contribution in [3.63, 3.8) is 0 Å². The average Bonchev–Trinajstić information content (AvgIpc) is 2.70. The van der Waals surface area contributed by atoms with E-state index in [0.29, 0.717) is 31.7 Å². The van der Waals surface area contributed by atoms with E-state index in [1.165, 1.54) is 0 Å². The molecule has 0 spiro atoms. The zero-order valence-electron chi connectivity index (χ0n) is 11.7. The molecule has 0 saturated heterocycles. The number of rotatable bonds is 8. The smallest absolute Gasteiger partial charge is 0.107 e. The maximum absolute atomic E-state index is 9.08. The van der Waals surface area contributed by atoms with Gasteiger partial charge in [-0.25, -0.2) is 0 Å². The average molecular weight is 254 g/mol. The standard InChI is InChI=1S/C14H26N2O2/c1-12(2)10-18-9-8-17-7-5-13-4-3-6-14(13,16)11-15/h12-13H,3-10,16H2,1-2H3. The maximum Gasteiger partial charge on any atom is 0.107 e. The summed E-state index contributed by atoms with van der Waals surface area (Å²) in [7, 11) is 0. The van der Waals surface area contributed by atoms with Crippen LogP contribution in [0, 0.1) is 23.2 Å². The Hall–Kier alpha value is -0.630. The quantitative estimate of drug-likeness (QED) is 0.673. The van der Waals surface area contributed by atoms with Crippen LogP contribution in [0.1, 0.15) is 39.5 Å². The van der Waals surface area contributed by atoms with Gasteiger partial charge in [-0.3, -0.25) is 0 Å². The van der Waals surface area contributed by atoms with Crippen LogP contribution in [0.15, 0.2) is 0 Å². The molecule has 4 nitrogen and oxygen atoms in total. The van der Waals surface area contributed by atoms with Gasteiger partial charge in [-0.1, -0.05) is 20.3 Å². The van der Waals surface area contributed by atoms with Crippen molar-refractivity contribution in [1.82, 2.24) is 0 Å². The van der Waals surface area contributed by atoms with Crippen LogP contribution >= 0.6 is 0 Å². The van der Waals surface area contributed by atoms with E-state index in [4.69, 9.17) is 20.5 Å². The maximum atomic E-state index is 9.08. The van der Waals surface area contributed by atoms with Crippen molar-refractivity contribution < 1.29 is 9.47 Å². The molecule has 1 saturated carbocycles. The van der Waals surface area contributed by atoms with Crippen LogP contribution in [0.2, 0.25) is 0 Å². The lowest BCUT2D eigenvalue weighted by Gasteiger charge is -2.23. The summed E-state index contributed by atoms with van der Waals surface area (Å²) in [4.78, 5) is 0. The Morgan fingerprint density at radius 2 is 2.06 bits per heavy atom. The summed E-state index contributed by atoms with van der Waals surface area (Å²) in [6.07, 6.45) is 3.82. The fourth-order valence-corrected chi connectivity index (χ4v) is 2.42. The number of hydrogen-bond donors (Lipinski definition) is 1. The predicted octanol–water partition coefficient (Wildman–Crippen LogP) is 2.09. The van der Waals surface area contributed by atoms with Crippen molar-refractivity contribution in [2.75, 3.05) is 26.4 Å². The number of nitrogens with zero attached hydrogens (tertiary/aromatic N) is 1. The van der Waals surface area contributed by atoms with Gasteiger partial charge in [0.2, 0.25) is 0 Å². The van der Waals surface area contributed by atoms with E-state index in [9.17, 15) is 0 Å². The Balaban J connectivity index is 2.03. The third-order valence-corrected chi connectivity index (χ3v) is 3.51. The Morgan fingerprint density at radius 1 is 1.33 bits per heavy atom. The Morgan fingerprint density at radius 3 is 2.72 bits per heavy atom. The van der Waals surface area contributed by atoms with Crippen LogP contribution in [0.25, 0.3) is 0 Å². The van der Waals surface area contributed by atoms with Gasteiger partial charge < -0.3 is 15.2 Å². The van der Waals surface area contributed by atoms with Crippen molar-refractivity contribution in [2.24, 2.45) is 17.6 Å². The molecule has 0 amide bonds. The van der Waals surface area contributed by atoms with Crippen molar-refractivity contribution in [3.05, 3.63) is 0 Å². The number of ether oxygens (including phenoxy) is 2. The molecule has 2 N–H and O–H groups in total. The lowest BCUT2D eigenvalue weighted by atomic mass is 9.87. The van der Waals surface area contributed by atoms with Gasteiger partial charge in [0.15, 0.2) is 0 Å². The van der Waals surface area contributed by atoms with Crippen molar-refractivity contribution >= 4 is 0 Å². The molecule has 0 radical (unpaired) electrons. The van der Waals surface area contributed by atoms with E-state index in [0.717, 1.165) is 32.3 Å². The third kappa shape index (κ3) is 4.93. The number of nitrogens with two attached hydrogens (primary N) is 1. The highest BCUT2D eigenvalue weighted by Gasteiger charge is 2.39. The summed E-state index contributed by atoms with van der Waals surface area (Å²) >= 11 is 0. The predicted molar refractivity (Wildman–Crippen MR) is 71.0 cm³/mol. The minimum Gasteiger partial charge on any atom is -0.379 e. The summed E-state index contributed by atoms with van der Waals surface area (Å²) in [6.45, 7) is 6.99. The van der Waals surface area contributed by atoms with Gasteiger partial charge in [-0.2, -0.15) is 5.26 Å². The highest BCUT2D eigenvalue weighted by Crippen LogP contribution is 2.35. The second-order valence-corrected chi connectivity index (χ2v) is 5.61. The molecule has 0 aliphatic heterocycles. The zero-order valence-corrected chi connectivity index (χ0v) is 11.7. The van der Waals surface area contributed by atoms with Crippen LogP contribution < -0.4 is 5.73 Å². The first-order valence-electron chi connectivity index (χ1n) is 6.94. The first-order valence-corrected chi connectivity index (χ1v) is 6.94. The Bertz CT molecular complexity index is 275. The molecule has 2 atom stereocenters. The highest BCUT2D eigenvalue weighted by molar-refractivity contribution is 5.11. The second kappa shape index (κ2) is 7.73. The topological polar surface area (TPSA) is 68.3 Å². The van der Waals surface area contributed by atoms with E-state index in [-0.39, 0.29) is 0 Å². The van der Waals surface area contributed by atoms with Crippen LogP contribution in [0.5, 0.6) is 0 Å². The molecule has 0 aromatic heterocycles. The van der Waals surface area contributed by atoms with Crippen LogP contribution in [0.4, 0.5) is 0 Å². The molecule has 4 heteroatoms. The van der Waals surface area contributed by atoms with Gasteiger partial charge in [0.25, 0.3) is 0 Å². The van der Waals surface area contributed by atoms with E-state index in [1.54, 1.807) is 0 Å². The van der Waals surface area contributed by atoms with Gasteiger partial charge in [0.1, 0.15) is 5.54 Å². The minimum atomic E-state index is -0.614. The summed E-state index contributed by atoms with van der Waals surface area (Å²) in [5, 5.41) is 9.08. The first-order chi connectivity index (χ1) is 8.58. The molecule has 1 aliphatic rings. The molecule has 1 rings (SSSR count). The molecule has 0 aromatic carbocycles. The fourth-order valence-electron chi connectivity index (χ4n) is 2.42. The normalized spacial score (nSPS) is 27.6. The Labute approximate surface area is 110 Å². The highest BCUT2D eigenvalue weighted by atomic mass is 16.5. The SMILES string of the molecule is CC(C)COCCOCCC1CCCC1(N)C#N. The van der Waals surface area contributed by atoms with E-state index < -0.39 is 5.54 Å². The second-order valence-electron chi connectivity index (χ2n) is 5.61. The van der Waals surface area contributed by atoms with Gasteiger partial charge in [-0.15, -0.1) is 0 Å². The molecule has 18 heavy (non-hydrogen) atoms. The van der Waals surface area contributed by atoms with Crippen LogP contribution in [-0.2, 0) is 9.47 Å². The number of hydrogen-bond acceptors (Lipinski definition) is 4. The lowest BCUT2D eigenvalue weighted by molar-refractivity contribution is 0.0324. The van der Waals surface area contributed by atoms with Gasteiger partial charge >= 0.3 is 0 Å². The summed E-state index contributed by atoms with van der Waals surface area (Å²) in [5.41, 5.74) is 5.44. The van der Waals surface area contributed by atoms with Crippen molar-refractivity contribution in [3.8, 4) is 6.07 Å². The third-order valence-electron chi connectivity index (χ3n) is 3.51. The molecule has 0 aromatic rings. The molecule has 104 valence electrons. The van der Waals surface area contributed by atoms with Crippen molar-refractivity contribution in [1.29, 1.82) is 5.26 Å². The largest absolute Gasteiger partial charge is 0.379 e. The molecular weight excluding hydrogens is 228 g/mol. The van der Waals surface area contributed by atoms with E-state index >= 15 is 0 Å². The molecule has 1 aliphatic carbocycles. The van der Waals surface area contributed by atoms with Gasteiger partial charge in [0.05, 0.1) is 19.3 Å². The first kappa shape index (κ1) is 15.4. The van der Waals surface area contributed by atoms with E-state index in [2.05, 4.69) is 19.9 Å². The number of nitriles is 1. The van der Waals surface area contributed by atoms with Crippen LogP contribution in [-0.4, -0.2) is 32.0 Å². The summed E-state index contributed by atoms with van der Waals surface area (Å²) < 4.78 is 11.0. The van der Waals surface area contributed by atoms with Crippen LogP contribution in [0.3, 0.4) is 0 Å². The monoisotopic (exact) mass is 254 g/mol. The van der Waals surface area contributed by atoms with E-state index in [1.807, 2.05) is 0 Å². The lowest BCUT2D eigenvalue weighted by Crippen LogP contribution is -2.42. The molecule has 2 unspecified atom stereocenters. The minimum absolute atomic E-state index is 0.291. The summed E-state index contributed by atoms with van der Waals surface area (Å²) in [5.74, 6) is 0.857.